The Hall–Kier alpha value is -1.91. The van der Waals surface area contributed by atoms with Crippen molar-refractivity contribution in [3.8, 4) is 5.82 Å². The van der Waals surface area contributed by atoms with Crippen LogP contribution in [0.25, 0.3) is 16.7 Å². The molecule has 19 heavy (non-hydrogen) atoms. The molecule has 0 saturated carbocycles. The first kappa shape index (κ1) is 12.1. The molecule has 0 amide bonds. The zero-order chi connectivity index (χ0) is 13.2. The first-order valence-corrected chi connectivity index (χ1v) is 6.39. The van der Waals surface area contributed by atoms with Gasteiger partial charge in [0.15, 0.2) is 5.82 Å². The smallest absolute Gasteiger partial charge is 0.154 e. The topological polar surface area (TPSA) is 42.7 Å². The maximum absolute atomic E-state index is 5.91. The highest BCUT2D eigenvalue weighted by Gasteiger charge is 2.07. The van der Waals surface area contributed by atoms with Gasteiger partial charge < -0.3 is 5.32 Å². The number of hydrogen-bond acceptors (Lipinski definition) is 3. The van der Waals surface area contributed by atoms with E-state index >= 15 is 0 Å². The molecular formula is C14H13ClN4. The SMILES string of the molecule is CNCc1cc(-n2cc(Cl)cn2)nc2ccccc12. The van der Waals surface area contributed by atoms with Crippen LogP contribution in [0.1, 0.15) is 5.56 Å². The summed E-state index contributed by atoms with van der Waals surface area (Å²) in [6, 6.07) is 10.1. The third-order valence-electron chi connectivity index (χ3n) is 2.94. The number of fused-ring (bicyclic) bond motifs is 1. The van der Waals surface area contributed by atoms with Gasteiger partial charge in [0.25, 0.3) is 0 Å². The summed E-state index contributed by atoms with van der Waals surface area (Å²) >= 11 is 5.91. The molecule has 0 saturated heterocycles. The molecule has 0 fully saturated rings. The summed E-state index contributed by atoms with van der Waals surface area (Å²) in [6.45, 7) is 0.783. The lowest BCUT2D eigenvalue weighted by atomic mass is 10.1. The molecule has 0 atom stereocenters. The molecule has 0 radical (unpaired) electrons. The summed E-state index contributed by atoms with van der Waals surface area (Å²) in [4.78, 5) is 4.62. The van der Waals surface area contributed by atoms with Crippen molar-refractivity contribution in [3.63, 3.8) is 0 Å². The van der Waals surface area contributed by atoms with Gasteiger partial charge in [-0.15, -0.1) is 0 Å². The molecule has 96 valence electrons. The molecule has 1 N–H and O–H groups in total. The van der Waals surface area contributed by atoms with E-state index in [1.807, 2.05) is 31.3 Å². The highest BCUT2D eigenvalue weighted by Crippen LogP contribution is 2.20. The van der Waals surface area contributed by atoms with Crippen LogP contribution in [0.2, 0.25) is 5.02 Å². The first-order chi connectivity index (χ1) is 9.28. The molecule has 1 aromatic carbocycles. The fraction of sp³-hybridized carbons (Fsp3) is 0.143. The lowest BCUT2D eigenvalue weighted by Gasteiger charge is -2.09. The van der Waals surface area contributed by atoms with Crippen LogP contribution in [-0.2, 0) is 6.54 Å². The van der Waals surface area contributed by atoms with Crippen molar-refractivity contribution in [3.05, 3.63) is 53.3 Å². The van der Waals surface area contributed by atoms with Crippen LogP contribution in [-0.4, -0.2) is 21.8 Å². The van der Waals surface area contributed by atoms with Crippen LogP contribution >= 0.6 is 11.6 Å². The molecule has 2 heterocycles. The van der Waals surface area contributed by atoms with E-state index in [4.69, 9.17) is 11.6 Å². The second-order valence-electron chi connectivity index (χ2n) is 4.29. The average Bonchev–Trinajstić information content (AvgIpc) is 2.86. The molecule has 0 aliphatic heterocycles. The fourth-order valence-corrected chi connectivity index (χ4v) is 2.25. The van der Waals surface area contributed by atoms with E-state index in [2.05, 4.69) is 21.5 Å². The van der Waals surface area contributed by atoms with Gasteiger partial charge >= 0.3 is 0 Å². The largest absolute Gasteiger partial charge is 0.316 e. The van der Waals surface area contributed by atoms with Gasteiger partial charge in [0.1, 0.15) is 0 Å². The number of nitrogens with zero attached hydrogens (tertiary/aromatic N) is 3. The van der Waals surface area contributed by atoms with Crippen LogP contribution < -0.4 is 5.32 Å². The summed E-state index contributed by atoms with van der Waals surface area (Å²) in [5, 5.41) is 9.13. The van der Waals surface area contributed by atoms with Crippen molar-refractivity contribution < 1.29 is 0 Å². The number of aromatic nitrogens is 3. The monoisotopic (exact) mass is 272 g/mol. The van der Waals surface area contributed by atoms with Gasteiger partial charge in [-0.3, -0.25) is 0 Å². The molecule has 0 aliphatic carbocycles. The molecular weight excluding hydrogens is 260 g/mol. The number of benzene rings is 1. The van der Waals surface area contributed by atoms with Crippen LogP contribution in [0, 0.1) is 0 Å². The Balaban J connectivity index is 2.21. The van der Waals surface area contributed by atoms with Crippen LogP contribution in [0.15, 0.2) is 42.7 Å². The van der Waals surface area contributed by atoms with Crippen LogP contribution in [0.4, 0.5) is 0 Å². The van der Waals surface area contributed by atoms with E-state index in [1.54, 1.807) is 17.1 Å². The second-order valence-corrected chi connectivity index (χ2v) is 4.73. The maximum atomic E-state index is 5.91. The Morgan fingerprint density at radius 3 is 2.89 bits per heavy atom. The lowest BCUT2D eigenvalue weighted by Crippen LogP contribution is -2.08. The highest BCUT2D eigenvalue weighted by atomic mass is 35.5. The quantitative estimate of drug-likeness (QED) is 0.797. The van der Waals surface area contributed by atoms with Crippen molar-refractivity contribution in [2.45, 2.75) is 6.54 Å². The number of halogens is 1. The Bertz CT molecular complexity index is 720. The molecule has 5 heteroatoms. The minimum Gasteiger partial charge on any atom is -0.316 e. The fourth-order valence-electron chi connectivity index (χ4n) is 2.11. The Kier molecular flexibility index (Phi) is 3.19. The van der Waals surface area contributed by atoms with E-state index in [0.29, 0.717) is 5.02 Å². The van der Waals surface area contributed by atoms with E-state index in [-0.39, 0.29) is 0 Å². The molecule has 0 spiro atoms. The molecule has 3 aromatic rings. The van der Waals surface area contributed by atoms with E-state index in [9.17, 15) is 0 Å². The molecule has 3 rings (SSSR count). The second kappa shape index (κ2) is 4.99. The van der Waals surface area contributed by atoms with Gasteiger partial charge in [-0.05, 0) is 24.7 Å². The molecule has 0 unspecified atom stereocenters. The molecule has 2 aromatic heterocycles. The van der Waals surface area contributed by atoms with Crippen molar-refractivity contribution in [2.75, 3.05) is 7.05 Å². The zero-order valence-corrected chi connectivity index (χ0v) is 11.2. The molecule has 0 aliphatic rings. The molecule has 0 bridgehead atoms. The van der Waals surface area contributed by atoms with E-state index in [0.717, 1.165) is 23.3 Å². The third-order valence-corrected chi connectivity index (χ3v) is 3.14. The van der Waals surface area contributed by atoms with Gasteiger partial charge in [-0.2, -0.15) is 5.10 Å². The predicted molar refractivity (Wildman–Crippen MR) is 76.6 cm³/mol. The zero-order valence-electron chi connectivity index (χ0n) is 10.5. The van der Waals surface area contributed by atoms with Crippen molar-refractivity contribution in [2.24, 2.45) is 0 Å². The first-order valence-electron chi connectivity index (χ1n) is 6.02. The summed E-state index contributed by atoms with van der Waals surface area (Å²) in [5.74, 6) is 0.774. The highest BCUT2D eigenvalue weighted by molar-refractivity contribution is 6.30. The number of nitrogens with one attached hydrogen (secondary N) is 1. The minimum absolute atomic E-state index is 0.602. The average molecular weight is 273 g/mol. The summed E-state index contributed by atoms with van der Waals surface area (Å²) < 4.78 is 1.69. The van der Waals surface area contributed by atoms with Crippen LogP contribution in [0.3, 0.4) is 0 Å². The van der Waals surface area contributed by atoms with Crippen molar-refractivity contribution in [1.29, 1.82) is 0 Å². The number of pyridine rings is 1. The third kappa shape index (κ3) is 2.32. The van der Waals surface area contributed by atoms with E-state index < -0.39 is 0 Å². The lowest BCUT2D eigenvalue weighted by molar-refractivity contribution is 0.810. The van der Waals surface area contributed by atoms with Crippen molar-refractivity contribution >= 4 is 22.5 Å². The summed E-state index contributed by atoms with van der Waals surface area (Å²) in [6.07, 6.45) is 3.36. The van der Waals surface area contributed by atoms with Gasteiger partial charge in [0.05, 0.1) is 22.9 Å². The van der Waals surface area contributed by atoms with Gasteiger partial charge in [-0.1, -0.05) is 29.8 Å². The summed E-state index contributed by atoms with van der Waals surface area (Å²) in [7, 11) is 1.93. The van der Waals surface area contributed by atoms with Gasteiger partial charge in [0.2, 0.25) is 0 Å². The number of hydrogen-bond donors (Lipinski definition) is 1. The Labute approximate surface area is 116 Å². The summed E-state index contributed by atoms with van der Waals surface area (Å²) in [5.41, 5.74) is 2.14. The Morgan fingerprint density at radius 1 is 1.32 bits per heavy atom. The maximum Gasteiger partial charge on any atom is 0.154 e. The van der Waals surface area contributed by atoms with Gasteiger partial charge in [0, 0.05) is 11.9 Å². The number of rotatable bonds is 3. The predicted octanol–water partition coefficient (Wildman–Crippen LogP) is 2.79. The van der Waals surface area contributed by atoms with Crippen LogP contribution in [0.5, 0.6) is 0 Å². The Morgan fingerprint density at radius 2 is 2.16 bits per heavy atom. The number of para-hydroxylation sites is 1. The minimum atomic E-state index is 0.602. The standard InChI is InChI=1S/C14H13ClN4/c1-16-7-10-6-14(19-9-11(15)8-17-19)18-13-5-3-2-4-12(10)13/h2-6,8-9,16H,7H2,1H3. The van der Waals surface area contributed by atoms with E-state index in [1.165, 1.54) is 5.56 Å². The normalized spacial score (nSPS) is 11.1. The van der Waals surface area contributed by atoms with Crippen molar-refractivity contribution in [1.82, 2.24) is 20.1 Å². The van der Waals surface area contributed by atoms with Gasteiger partial charge in [-0.25, -0.2) is 9.67 Å². The molecule has 4 nitrogen and oxygen atoms in total.